The van der Waals surface area contributed by atoms with Crippen LogP contribution in [0.4, 0.5) is 14.5 Å². The van der Waals surface area contributed by atoms with Crippen LogP contribution in [0.25, 0.3) is 0 Å². The lowest BCUT2D eigenvalue weighted by Crippen LogP contribution is -2.46. The van der Waals surface area contributed by atoms with Crippen LogP contribution in [0.2, 0.25) is 0 Å². The van der Waals surface area contributed by atoms with Gasteiger partial charge >= 0.3 is 0 Å². The van der Waals surface area contributed by atoms with E-state index in [2.05, 4.69) is 40.5 Å². The minimum absolute atomic E-state index is 0.0520. The number of hydrogen-bond acceptors (Lipinski definition) is 3. The maximum Gasteiger partial charge on any atom is 0.191 e. The van der Waals surface area contributed by atoms with Gasteiger partial charge in [-0.15, -0.1) is 0 Å². The van der Waals surface area contributed by atoms with E-state index in [9.17, 15) is 8.78 Å². The Morgan fingerprint density at radius 1 is 1.24 bits per heavy atom. The molecule has 2 heterocycles. The Labute approximate surface area is 171 Å². The summed E-state index contributed by atoms with van der Waals surface area (Å²) in [6.45, 7) is 6.22. The number of guanidine groups is 1. The third kappa shape index (κ3) is 5.22. The number of nitrogens with one attached hydrogen (secondary N) is 2. The summed E-state index contributed by atoms with van der Waals surface area (Å²) in [6.07, 6.45) is 4.46. The van der Waals surface area contributed by atoms with Gasteiger partial charge in [-0.25, -0.2) is 8.78 Å². The second kappa shape index (κ2) is 9.67. The summed E-state index contributed by atoms with van der Waals surface area (Å²) in [5.74, 6) is 0.389. The first kappa shape index (κ1) is 21.0. The average Bonchev–Trinajstić information content (AvgIpc) is 3.15. The fraction of sp³-hybridized carbons (Fsp3) is 0.455. The molecule has 0 radical (unpaired) electrons. The van der Waals surface area contributed by atoms with Gasteiger partial charge in [0.15, 0.2) is 5.96 Å². The van der Waals surface area contributed by atoms with Gasteiger partial charge in [0.1, 0.15) is 17.3 Å². The van der Waals surface area contributed by atoms with Crippen molar-refractivity contribution >= 4 is 11.6 Å². The van der Waals surface area contributed by atoms with E-state index in [0.717, 1.165) is 13.0 Å². The number of hydrogen-bond donors (Lipinski definition) is 2. The summed E-state index contributed by atoms with van der Waals surface area (Å²) in [7, 11) is 1.73. The van der Waals surface area contributed by atoms with Gasteiger partial charge in [-0.1, -0.05) is 26.0 Å². The Kier molecular flexibility index (Phi) is 7.01. The standard InChI is InChI=1S/C22H29F2N5/c1-15(2)18(16-6-5-10-26-12-16)13-27-22(25-3)28-17-9-11-29(14-17)21-19(23)7-4-8-20(21)24/h4-8,10,12,15,17-18H,9,11,13-14H2,1-3H3,(H2,25,27,28). The highest BCUT2D eigenvalue weighted by Crippen LogP contribution is 2.27. The van der Waals surface area contributed by atoms with E-state index < -0.39 is 11.6 Å². The fourth-order valence-corrected chi connectivity index (χ4v) is 3.80. The lowest BCUT2D eigenvalue weighted by molar-refractivity contribution is 0.485. The van der Waals surface area contributed by atoms with Gasteiger partial charge in [-0.05, 0) is 36.1 Å². The number of benzene rings is 1. The van der Waals surface area contributed by atoms with Gasteiger partial charge in [0.05, 0.1) is 0 Å². The molecule has 29 heavy (non-hydrogen) atoms. The Bertz CT molecular complexity index is 805. The van der Waals surface area contributed by atoms with Crippen LogP contribution in [0, 0.1) is 17.6 Å². The Balaban J connectivity index is 1.58. The van der Waals surface area contributed by atoms with E-state index >= 15 is 0 Å². The zero-order chi connectivity index (χ0) is 20.8. The molecule has 1 aromatic heterocycles. The van der Waals surface area contributed by atoms with Crippen LogP contribution in [0.15, 0.2) is 47.7 Å². The van der Waals surface area contributed by atoms with Gasteiger partial charge in [0.2, 0.25) is 0 Å². The van der Waals surface area contributed by atoms with E-state index in [4.69, 9.17) is 0 Å². The second-order valence-corrected chi connectivity index (χ2v) is 7.74. The highest BCUT2D eigenvalue weighted by molar-refractivity contribution is 5.80. The minimum Gasteiger partial charge on any atom is -0.365 e. The third-order valence-electron chi connectivity index (χ3n) is 5.41. The van der Waals surface area contributed by atoms with Crippen molar-refractivity contribution in [2.75, 3.05) is 31.6 Å². The minimum atomic E-state index is -0.524. The summed E-state index contributed by atoms with van der Waals surface area (Å²) in [4.78, 5) is 10.3. The molecule has 1 aromatic carbocycles. The van der Waals surface area contributed by atoms with Crippen LogP contribution in [0.5, 0.6) is 0 Å². The van der Waals surface area contributed by atoms with Crippen molar-refractivity contribution in [2.24, 2.45) is 10.9 Å². The SMILES string of the molecule is CN=C(NCC(c1cccnc1)C(C)C)NC1CCN(c2c(F)cccc2F)C1. The summed E-state index contributed by atoms with van der Waals surface area (Å²) in [5, 5.41) is 6.78. The van der Waals surface area contributed by atoms with Gasteiger partial charge in [-0.3, -0.25) is 9.98 Å². The lowest BCUT2D eigenvalue weighted by Gasteiger charge is -2.24. The predicted molar refractivity (Wildman–Crippen MR) is 113 cm³/mol. The second-order valence-electron chi connectivity index (χ2n) is 7.74. The van der Waals surface area contributed by atoms with E-state index in [1.165, 1.54) is 23.8 Å². The molecule has 1 aliphatic heterocycles. The molecule has 0 spiro atoms. The van der Waals surface area contributed by atoms with Crippen LogP contribution in [0.3, 0.4) is 0 Å². The third-order valence-corrected chi connectivity index (χ3v) is 5.41. The van der Waals surface area contributed by atoms with Crippen LogP contribution < -0.4 is 15.5 Å². The van der Waals surface area contributed by atoms with Gasteiger partial charge in [-0.2, -0.15) is 0 Å². The average molecular weight is 402 g/mol. The van der Waals surface area contributed by atoms with Crippen molar-refractivity contribution in [3.05, 3.63) is 59.9 Å². The van der Waals surface area contributed by atoms with Crippen LogP contribution >= 0.6 is 0 Å². The Morgan fingerprint density at radius 3 is 2.62 bits per heavy atom. The number of para-hydroxylation sites is 1. The molecular weight excluding hydrogens is 372 g/mol. The molecule has 7 heteroatoms. The van der Waals surface area contributed by atoms with Crippen molar-refractivity contribution in [1.29, 1.82) is 0 Å². The topological polar surface area (TPSA) is 52.6 Å². The van der Waals surface area contributed by atoms with Crippen molar-refractivity contribution in [3.63, 3.8) is 0 Å². The normalized spacial score (nSPS) is 18.2. The number of anilines is 1. The van der Waals surface area contributed by atoms with Gasteiger partial charge in [0.25, 0.3) is 0 Å². The largest absolute Gasteiger partial charge is 0.365 e. The molecule has 1 saturated heterocycles. The van der Waals surface area contributed by atoms with E-state index in [0.29, 0.717) is 30.9 Å². The van der Waals surface area contributed by atoms with E-state index in [-0.39, 0.29) is 11.7 Å². The first-order valence-corrected chi connectivity index (χ1v) is 10.1. The molecule has 2 unspecified atom stereocenters. The van der Waals surface area contributed by atoms with Crippen molar-refractivity contribution in [1.82, 2.24) is 15.6 Å². The molecule has 0 bridgehead atoms. The van der Waals surface area contributed by atoms with Crippen LogP contribution in [0.1, 0.15) is 31.7 Å². The Hall–Kier alpha value is -2.70. The molecule has 5 nitrogen and oxygen atoms in total. The molecule has 0 amide bonds. The molecule has 1 fully saturated rings. The zero-order valence-corrected chi connectivity index (χ0v) is 17.2. The molecule has 2 N–H and O–H groups in total. The molecule has 0 aliphatic carbocycles. The molecule has 2 aromatic rings. The van der Waals surface area contributed by atoms with E-state index in [1.807, 2.05) is 12.3 Å². The number of aliphatic imine (C=N–C) groups is 1. The number of aromatic nitrogens is 1. The Morgan fingerprint density at radius 2 is 2.00 bits per heavy atom. The number of rotatable bonds is 6. The molecular formula is C22H29F2N5. The molecule has 156 valence electrons. The fourth-order valence-electron chi connectivity index (χ4n) is 3.80. The highest BCUT2D eigenvalue weighted by Gasteiger charge is 2.27. The summed E-state index contributed by atoms with van der Waals surface area (Å²) in [6, 6.07) is 8.09. The predicted octanol–water partition coefficient (Wildman–Crippen LogP) is 3.54. The zero-order valence-electron chi connectivity index (χ0n) is 17.2. The number of pyridine rings is 1. The van der Waals surface area contributed by atoms with Gasteiger partial charge in [0, 0.05) is 51.0 Å². The van der Waals surface area contributed by atoms with Crippen LogP contribution in [-0.4, -0.2) is 43.7 Å². The van der Waals surface area contributed by atoms with Crippen molar-refractivity contribution in [2.45, 2.75) is 32.2 Å². The molecule has 1 aliphatic rings. The summed E-state index contributed by atoms with van der Waals surface area (Å²) < 4.78 is 28.1. The first-order chi connectivity index (χ1) is 14.0. The number of nitrogens with zero attached hydrogens (tertiary/aromatic N) is 3. The summed E-state index contributed by atoms with van der Waals surface area (Å²) >= 11 is 0. The molecule has 0 saturated carbocycles. The van der Waals surface area contributed by atoms with Gasteiger partial charge < -0.3 is 15.5 Å². The molecule has 2 atom stereocenters. The highest BCUT2D eigenvalue weighted by atomic mass is 19.1. The quantitative estimate of drug-likeness (QED) is 0.574. The van der Waals surface area contributed by atoms with Crippen LogP contribution in [-0.2, 0) is 0 Å². The first-order valence-electron chi connectivity index (χ1n) is 10.1. The molecule has 3 rings (SSSR count). The monoisotopic (exact) mass is 401 g/mol. The lowest BCUT2D eigenvalue weighted by atomic mass is 9.89. The maximum atomic E-state index is 14.1. The number of halogens is 2. The van der Waals surface area contributed by atoms with E-state index in [1.54, 1.807) is 18.1 Å². The van der Waals surface area contributed by atoms with Crippen molar-refractivity contribution < 1.29 is 8.78 Å². The smallest absolute Gasteiger partial charge is 0.191 e. The maximum absolute atomic E-state index is 14.1. The summed E-state index contributed by atoms with van der Waals surface area (Å²) in [5.41, 5.74) is 1.24. The van der Waals surface area contributed by atoms with Crippen molar-refractivity contribution in [3.8, 4) is 0 Å².